The summed E-state index contributed by atoms with van der Waals surface area (Å²) in [7, 11) is 0. The summed E-state index contributed by atoms with van der Waals surface area (Å²) in [5, 5.41) is 5.42. The van der Waals surface area contributed by atoms with Crippen LogP contribution < -0.4 is 10.6 Å². The molecule has 104 valence electrons. The van der Waals surface area contributed by atoms with Gasteiger partial charge in [0.25, 0.3) is 0 Å². The van der Waals surface area contributed by atoms with Gasteiger partial charge in [0.2, 0.25) is 11.8 Å². The topological polar surface area (TPSA) is 58.2 Å². The summed E-state index contributed by atoms with van der Waals surface area (Å²) in [4.78, 5) is 22.5. The molecule has 1 aromatic carbocycles. The van der Waals surface area contributed by atoms with Gasteiger partial charge < -0.3 is 10.6 Å². The second-order valence-corrected chi connectivity index (χ2v) is 4.56. The van der Waals surface area contributed by atoms with Gasteiger partial charge in [0.05, 0.1) is 6.04 Å². The number of hydrogen-bond donors (Lipinski definition) is 2. The van der Waals surface area contributed by atoms with Crippen LogP contribution in [0, 0.1) is 0 Å². The quantitative estimate of drug-likeness (QED) is 0.746. The van der Waals surface area contributed by atoms with Gasteiger partial charge in [-0.3, -0.25) is 9.59 Å². The van der Waals surface area contributed by atoms with Crippen LogP contribution in [0.2, 0.25) is 0 Å². The molecule has 4 nitrogen and oxygen atoms in total. The van der Waals surface area contributed by atoms with Gasteiger partial charge in [-0.15, -0.1) is 23.2 Å². The maximum Gasteiger partial charge on any atom is 0.235 e. The lowest BCUT2D eigenvalue weighted by atomic mass is 10.1. The number of rotatable bonds is 7. The van der Waals surface area contributed by atoms with Crippen molar-refractivity contribution in [2.45, 2.75) is 12.5 Å². The standard InChI is InChI=1S/C13H16Cl2N2O2/c14-7-12(18)16-9-11(17-13(19)8-15)6-10-4-2-1-3-5-10/h1-5,11H,6-9H2,(H,16,18)(H,17,19)/t11-/m1/s1. The molecule has 0 saturated heterocycles. The Hall–Kier alpha value is -1.26. The van der Waals surface area contributed by atoms with Gasteiger partial charge in [0.15, 0.2) is 0 Å². The normalized spacial score (nSPS) is 11.7. The van der Waals surface area contributed by atoms with Crippen molar-refractivity contribution in [1.29, 1.82) is 0 Å². The summed E-state index contributed by atoms with van der Waals surface area (Å²) < 4.78 is 0. The minimum Gasteiger partial charge on any atom is -0.353 e. The van der Waals surface area contributed by atoms with Crippen molar-refractivity contribution in [3.8, 4) is 0 Å². The SMILES string of the molecule is O=C(CCl)NC[C@@H](Cc1ccccc1)NC(=O)CCl. The first-order chi connectivity index (χ1) is 9.15. The Bertz CT molecular complexity index is 412. The van der Waals surface area contributed by atoms with Gasteiger partial charge in [-0.25, -0.2) is 0 Å². The van der Waals surface area contributed by atoms with Crippen molar-refractivity contribution < 1.29 is 9.59 Å². The zero-order chi connectivity index (χ0) is 14.1. The first-order valence-electron chi connectivity index (χ1n) is 5.87. The fourth-order valence-electron chi connectivity index (χ4n) is 1.62. The molecule has 0 heterocycles. The highest BCUT2D eigenvalue weighted by atomic mass is 35.5. The number of amides is 2. The van der Waals surface area contributed by atoms with Crippen LogP contribution in [0.15, 0.2) is 30.3 Å². The Morgan fingerprint density at radius 2 is 1.68 bits per heavy atom. The van der Waals surface area contributed by atoms with Crippen LogP contribution in [0.3, 0.4) is 0 Å². The van der Waals surface area contributed by atoms with Gasteiger partial charge in [-0.1, -0.05) is 30.3 Å². The van der Waals surface area contributed by atoms with E-state index >= 15 is 0 Å². The fourth-order valence-corrected chi connectivity index (χ4v) is 1.80. The number of alkyl halides is 2. The summed E-state index contributed by atoms with van der Waals surface area (Å²) >= 11 is 10.9. The predicted molar refractivity (Wildman–Crippen MR) is 76.5 cm³/mol. The number of halogens is 2. The van der Waals surface area contributed by atoms with E-state index in [0.717, 1.165) is 5.56 Å². The van der Waals surface area contributed by atoms with Gasteiger partial charge in [0, 0.05) is 6.54 Å². The van der Waals surface area contributed by atoms with Crippen molar-refractivity contribution in [2.75, 3.05) is 18.3 Å². The largest absolute Gasteiger partial charge is 0.353 e. The van der Waals surface area contributed by atoms with E-state index in [9.17, 15) is 9.59 Å². The number of nitrogens with one attached hydrogen (secondary N) is 2. The van der Waals surface area contributed by atoms with E-state index in [1.807, 2.05) is 30.3 Å². The van der Waals surface area contributed by atoms with Crippen molar-refractivity contribution in [3.05, 3.63) is 35.9 Å². The second kappa shape index (κ2) is 8.77. The Morgan fingerprint density at radius 3 is 2.26 bits per heavy atom. The molecule has 0 bridgehead atoms. The summed E-state index contributed by atoms with van der Waals surface area (Å²) in [5.74, 6) is -0.724. The molecule has 1 rings (SSSR count). The van der Waals surface area contributed by atoms with Gasteiger partial charge in [-0.05, 0) is 12.0 Å². The lowest BCUT2D eigenvalue weighted by Crippen LogP contribution is -2.45. The second-order valence-electron chi connectivity index (χ2n) is 4.03. The highest BCUT2D eigenvalue weighted by molar-refractivity contribution is 6.27. The number of benzene rings is 1. The Morgan fingerprint density at radius 1 is 1.05 bits per heavy atom. The summed E-state index contributed by atoms with van der Waals surface area (Å²) in [6, 6.07) is 9.48. The summed E-state index contributed by atoms with van der Waals surface area (Å²) in [5.41, 5.74) is 1.07. The Labute approximate surface area is 122 Å². The smallest absolute Gasteiger partial charge is 0.235 e. The molecule has 0 radical (unpaired) electrons. The maximum absolute atomic E-state index is 11.3. The van der Waals surface area contributed by atoms with Crippen LogP contribution >= 0.6 is 23.2 Å². The van der Waals surface area contributed by atoms with Crippen LogP contribution in [-0.2, 0) is 16.0 Å². The molecule has 0 aliphatic carbocycles. The average Bonchev–Trinajstić information content (AvgIpc) is 2.45. The van der Waals surface area contributed by atoms with Crippen LogP contribution in [-0.4, -0.2) is 36.2 Å². The molecule has 2 N–H and O–H groups in total. The molecule has 0 unspecified atom stereocenters. The molecule has 0 aliphatic heterocycles. The third-order valence-electron chi connectivity index (χ3n) is 2.48. The highest BCUT2D eigenvalue weighted by Gasteiger charge is 2.13. The maximum atomic E-state index is 11.3. The molecule has 1 atom stereocenters. The number of carbonyl (C=O) groups excluding carboxylic acids is 2. The van der Waals surface area contributed by atoms with E-state index in [2.05, 4.69) is 10.6 Å². The first-order valence-corrected chi connectivity index (χ1v) is 6.94. The third-order valence-corrected chi connectivity index (χ3v) is 2.96. The molecule has 0 saturated carbocycles. The van der Waals surface area contributed by atoms with Crippen molar-refractivity contribution in [3.63, 3.8) is 0 Å². The number of carbonyl (C=O) groups is 2. The van der Waals surface area contributed by atoms with Gasteiger partial charge in [-0.2, -0.15) is 0 Å². The van der Waals surface area contributed by atoms with E-state index in [-0.39, 0.29) is 29.6 Å². The van der Waals surface area contributed by atoms with E-state index in [0.29, 0.717) is 13.0 Å². The molecule has 2 amide bonds. The molecule has 19 heavy (non-hydrogen) atoms. The fraction of sp³-hybridized carbons (Fsp3) is 0.385. The van der Waals surface area contributed by atoms with E-state index in [1.54, 1.807) is 0 Å². The molecule has 0 spiro atoms. The van der Waals surface area contributed by atoms with Crippen molar-refractivity contribution in [2.24, 2.45) is 0 Å². The minimum atomic E-state index is -0.264. The van der Waals surface area contributed by atoms with Gasteiger partial charge in [0.1, 0.15) is 11.8 Å². The zero-order valence-electron chi connectivity index (χ0n) is 10.4. The first kappa shape index (κ1) is 15.8. The van der Waals surface area contributed by atoms with E-state index < -0.39 is 0 Å². The zero-order valence-corrected chi connectivity index (χ0v) is 11.9. The minimum absolute atomic E-state index is 0.0957. The number of hydrogen-bond acceptors (Lipinski definition) is 2. The lowest BCUT2D eigenvalue weighted by molar-refractivity contribution is -0.121. The predicted octanol–water partition coefficient (Wildman–Crippen LogP) is 1.31. The molecule has 0 aromatic heterocycles. The monoisotopic (exact) mass is 302 g/mol. The van der Waals surface area contributed by atoms with Crippen LogP contribution in [0.1, 0.15) is 5.56 Å². The van der Waals surface area contributed by atoms with Crippen LogP contribution in [0.5, 0.6) is 0 Å². The molecular weight excluding hydrogens is 287 g/mol. The molecule has 0 aliphatic rings. The molecule has 6 heteroatoms. The van der Waals surface area contributed by atoms with Crippen molar-refractivity contribution in [1.82, 2.24) is 10.6 Å². The summed E-state index contributed by atoms with van der Waals surface area (Å²) in [6.45, 7) is 0.322. The molecule has 1 aromatic rings. The summed E-state index contributed by atoms with van der Waals surface area (Å²) in [6.07, 6.45) is 0.617. The Balaban J connectivity index is 2.58. The van der Waals surface area contributed by atoms with E-state index in [1.165, 1.54) is 0 Å². The van der Waals surface area contributed by atoms with Crippen LogP contribution in [0.4, 0.5) is 0 Å². The van der Waals surface area contributed by atoms with Gasteiger partial charge >= 0.3 is 0 Å². The average molecular weight is 303 g/mol. The van der Waals surface area contributed by atoms with Crippen LogP contribution in [0.25, 0.3) is 0 Å². The Kier molecular flexibility index (Phi) is 7.30. The van der Waals surface area contributed by atoms with Crippen molar-refractivity contribution >= 4 is 35.0 Å². The third kappa shape index (κ3) is 6.45. The molecular formula is C13H16Cl2N2O2. The van der Waals surface area contributed by atoms with E-state index in [4.69, 9.17) is 23.2 Å². The highest BCUT2D eigenvalue weighted by Crippen LogP contribution is 2.03. The molecule has 0 fully saturated rings. The lowest BCUT2D eigenvalue weighted by Gasteiger charge is -2.18.